The van der Waals surface area contributed by atoms with Gasteiger partial charge in [-0.2, -0.15) is 4.98 Å². The molecule has 1 fully saturated rings. The summed E-state index contributed by atoms with van der Waals surface area (Å²) in [5.74, 6) is 3.01. The minimum Gasteiger partial charge on any atom is -0.366 e. The summed E-state index contributed by atoms with van der Waals surface area (Å²) in [6.07, 6.45) is 4.29. The van der Waals surface area contributed by atoms with Crippen LogP contribution in [-0.2, 0) is 0 Å². The Kier molecular flexibility index (Phi) is 3.86. The third-order valence-corrected chi connectivity index (χ3v) is 4.34. The molecule has 1 aliphatic rings. The van der Waals surface area contributed by atoms with Gasteiger partial charge >= 0.3 is 0 Å². The van der Waals surface area contributed by atoms with Gasteiger partial charge in [0.05, 0.1) is 4.47 Å². The van der Waals surface area contributed by atoms with Gasteiger partial charge in [0, 0.05) is 19.3 Å². The molecule has 94 valence electrons. The van der Waals surface area contributed by atoms with Crippen molar-refractivity contribution in [1.29, 1.82) is 0 Å². The first-order valence-electron chi connectivity index (χ1n) is 6.08. The van der Waals surface area contributed by atoms with Crippen LogP contribution in [0.25, 0.3) is 0 Å². The Balaban J connectivity index is 2.13. The lowest BCUT2D eigenvalue weighted by Crippen LogP contribution is -2.25. The van der Waals surface area contributed by atoms with Crippen LogP contribution in [0.1, 0.15) is 26.7 Å². The average molecular weight is 299 g/mol. The maximum atomic E-state index is 4.43. The molecule has 1 aromatic heterocycles. The summed E-state index contributed by atoms with van der Waals surface area (Å²) in [6, 6.07) is 0.515. The standard InChI is InChI=1S/C12H19BrN4/c1-7-4-5-10(8(7)2)16-11-9(13)6-15-12(14-3)17-11/h6-8,10H,4-5H2,1-3H3,(H2,14,15,16,17). The molecule has 0 aliphatic heterocycles. The summed E-state index contributed by atoms with van der Waals surface area (Å²) >= 11 is 3.49. The Morgan fingerprint density at radius 2 is 2.12 bits per heavy atom. The second kappa shape index (κ2) is 5.21. The summed E-state index contributed by atoms with van der Waals surface area (Å²) in [5.41, 5.74) is 0. The number of aromatic nitrogens is 2. The maximum Gasteiger partial charge on any atom is 0.224 e. The van der Waals surface area contributed by atoms with Crippen molar-refractivity contribution in [2.24, 2.45) is 11.8 Å². The van der Waals surface area contributed by atoms with E-state index in [1.54, 1.807) is 6.20 Å². The normalized spacial score (nSPS) is 28.1. The Morgan fingerprint density at radius 3 is 2.71 bits per heavy atom. The second-order valence-corrected chi connectivity index (χ2v) is 5.66. The Hall–Kier alpha value is -0.840. The molecule has 1 heterocycles. The van der Waals surface area contributed by atoms with Gasteiger partial charge in [-0.25, -0.2) is 4.98 Å². The van der Waals surface area contributed by atoms with Gasteiger partial charge in [0.1, 0.15) is 5.82 Å². The minimum absolute atomic E-state index is 0.515. The Morgan fingerprint density at radius 1 is 1.35 bits per heavy atom. The molecule has 2 N–H and O–H groups in total. The van der Waals surface area contributed by atoms with Gasteiger partial charge in [-0.05, 0) is 40.6 Å². The van der Waals surface area contributed by atoms with Crippen molar-refractivity contribution >= 4 is 27.7 Å². The van der Waals surface area contributed by atoms with Gasteiger partial charge in [-0.15, -0.1) is 0 Å². The van der Waals surface area contributed by atoms with Gasteiger partial charge in [0.25, 0.3) is 0 Å². The average Bonchev–Trinajstić information content (AvgIpc) is 2.64. The largest absolute Gasteiger partial charge is 0.366 e. The predicted molar refractivity (Wildman–Crippen MR) is 74.3 cm³/mol. The molecule has 0 spiro atoms. The molecule has 1 aromatic rings. The van der Waals surface area contributed by atoms with Crippen LogP contribution >= 0.6 is 15.9 Å². The van der Waals surface area contributed by atoms with E-state index in [0.29, 0.717) is 17.9 Å². The van der Waals surface area contributed by atoms with Crippen molar-refractivity contribution in [3.05, 3.63) is 10.7 Å². The third-order valence-electron chi connectivity index (χ3n) is 3.76. The molecule has 1 aliphatic carbocycles. The zero-order valence-electron chi connectivity index (χ0n) is 10.5. The van der Waals surface area contributed by atoms with E-state index in [1.807, 2.05) is 7.05 Å². The molecule has 3 atom stereocenters. The van der Waals surface area contributed by atoms with Gasteiger partial charge in [0.2, 0.25) is 5.95 Å². The molecule has 0 amide bonds. The van der Waals surface area contributed by atoms with E-state index in [-0.39, 0.29) is 0 Å². The van der Waals surface area contributed by atoms with Crippen LogP contribution in [0.15, 0.2) is 10.7 Å². The monoisotopic (exact) mass is 298 g/mol. The molecule has 17 heavy (non-hydrogen) atoms. The molecule has 4 nitrogen and oxygen atoms in total. The first kappa shape index (κ1) is 12.6. The molecule has 0 radical (unpaired) electrons. The van der Waals surface area contributed by atoms with Crippen LogP contribution < -0.4 is 10.6 Å². The lowest BCUT2D eigenvalue weighted by molar-refractivity contribution is 0.435. The van der Waals surface area contributed by atoms with Crippen LogP contribution in [0, 0.1) is 11.8 Å². The predicted octanol–water partition coefficient (Wildman–Crippen LogP) is 3.13. The molecule has 5 heteroatoms. The van der Waals surface area contributed by atoms with Crippen LogP contribution in [0.4, 0.5) is 11.8 Å². The number of rotatable bonds is 3. The van der Waals surface area contributed by atoms with Gasteiger partial charge in [-0.1, -0.05) is 13.8 Å². The van der Waals surface area contributed by atoms with Crippen molar-refractivity contribution < 1.29 is 0 Å². The lowest BCUT2D eigenvalue weighted by Gasteiger charge is -2.21. The van der Waals surface area contributed by atoms with Gasteiger partial charge in [-0.3, -0.25) is 0 Å². The molecule has 2 rings (SSSR count). The number of halogens is 1. The summed E-state index contributed by atoms with van der Waals surface area (Å²) in [4.78, 5) is 8.59. The number of anilines is 2. The lowest BCUT2D eigenvalue weighted by atomic mass is 9.98. The number of hydrogen-bond acceptors (Lipinski definition) is 4. The van der Waals surface area contributed by atoms with E-state index in [1.165, 1.54) is 12.8 Å². The van der Waals surface area contributed by atoms with E-state index >= 15 is 0 Å². The molecule has 1 saturated carbocycles. The molecular formula is C12H19BrN4. The van der Waals surface area contributed by atoms with Crippen molar-refractivity contribution in [2.75, 3.05) is 17.7 Å². The summed E-state index contributed by atoms with van der Waals surface area (Å²) in [5, 5.41) is 6.48. The Labute approximate surface area is 111 Å². The summed E-state index contributed by atoms with van der Waals surface area (Å²) in [7, 11) is 1.83. The molecule has 0 bridgehead atoms. The van der Waals surface area contributed by atoms with Crippen LogP contribution in [-0.4, -0.2) is 23.1 Å². The minimum atomic E-state index is 0.515. The summed E-state index contributed by atoms with van der Waals surface area (Å²) < 4.78 is 0.920. The maximum absolute atomic E-state index is 4.43. The highest BCUT2D eigenvalue weighted by molar-refractivity contribution is 9.10. The first-order chi connectivity index (χ1) is 8.11. The van der Waals surface area contributed by atoms with Crippen molar-refractivity contribution in [1.82, 2.24) is 9.97 Å². The fourth-order valence-corrected chi connectivity index (χ4v) is 2.64. The first-order valence-corrected chi connectivity index (χ1v) is 6.88. The molecule has 3 unspecified atom stereocenters. The van der Waals surface area contributed by atoms with Gasteiger partial charge < -0.3 is 10.6 Å². The zero-order valence-corrected chi connectivity index (χ0v) is 12.1. The van der Waals surface area contributed by atoms with E-state index < -0.39 is 0 Å². The number of hydrogen-bond donors (Lipinski definition) is 2. The van der Waals surface area contributed by atoms with E-state index in [2.05, 4.69) is 50.4 Å². The van der Waals surface area contributed by atoms with E-state index in [0.717, 1.165) is 16.2 Å². The van der Waals surface area contributed by atoms with Crippen LogP contribution in [0.5, 0.6) is 0 Å². The molecule has 0 saturated heterocycles. The fourth-order valence-electron chi connectivity index (χ4n) is 2.33. The van der Waals surface area contributed by atoms with E-state index in [9.17, 15) is 0 Å². The topological polar surface area (TPSA) is 49.8 Å². The van der Waals surface area contributed by atoms with Crippen LogP contribution in [0.2, 0.25) is 0 Å². The third kappa shape index (κ3) is 2.70. The summed E-state index contributed by atoms with van der Waals surface area (Å²) in [6.45, 7) is 4.63. The smallest absolute Gasteiger partial charge is 0.224 e. The van der Waals surface area contributed by atoms with Crippen molar-refractivity contribution in [3.8, 4) is 0 Å². The highest BCUT2D eigenvalue weighted by atomic mass is 79.9. The Bertz CT molecular complexity index is 396. The van der Waals surface area contributed by atoms with Gasteiger partial charge in [0.15, 0.2) is 0 Å². The number of nitrogens with zero attached hydrogens (tertiary/aromatic N) is 2. The highest BCUT2D eigenvalue weighted by Crippen LogP contribution is 2.34. The quantitative estimate of drug-likeness (QED) is 0.900. The van der Waals surface area contributed by atoms with Crippen molar-refractivity contribution in [2.45, 2.75) is 32.7 Å². The molecular weight excluding hydrogens is 280 g/mol. The fraction of sp³-hybridized carbons (Fsp3) is 0.667. The van der Waals surface area contributed by atoms with E-state index in [4.69, 9.17) is 0 Å². The SMILES string of the molecule is CNc1ncc(Br)c(NC2CCC(C)C2C)n1. The zero-order chi connectivity index (χ0) is 12.4. The molecule has 0 aromatic carbocycles. The second-order valence-electron chi connectivity index (χ2n) is 4.80. The van der Waals surface area contributed by atoms with Crippen LogP contribution in [0.3, 0.4) is 0 Å². The highest BCUT2D eigenvalue weighted by Gasteiger charge is 2.30. The van der Waals surface area contributed by atoms with Crippen molar-refractivity contribution in [3.63, 3.8) is 0 Å². The number of nitrogens with one attached hydrogen (secondary N) is 2.